The van der Waals surface area contributed by atoms with E-state index in [2.05, 4.69) is 4.84 Å². The number of benzene rings is 1. The topological polar surface area (TPSA) is 59.1 Å². The second kappa shape index (κ2) is 7.53. The summed E-state index contributed by atoms with van der Waals surface area (Å²) in [7, 11) is 0. The Labute approximate surface area is 149 Å². The molecule has 0 spiro atoms. The van der Waals surface area contributed by atoms with E-state index < -0.39 is 30.0 Å². The molecule has 1 saturated heterocycles. The van der Waals surface area contributed by atoms with Crippen LogP contribution in [0.2, 0.25) is 0 Å². The highest BCUT2D eigenvalue weighted by Gasteiger charge is 2.43. The van der Waals surface area contributed by atoms with Crippen molar-refractivity contribution in [1.29, 1.82) is 0 Å². The largest absolute Gasteiger partial charge is 0.544 e. The van der Waals surface area contributed by atoms with Gasteiger partial charge in [0.1, 0.15) is 11.6 Å². The summed E-state index contributed by atoms with van der Waals surface area (Å²) in [6.07, 6.45) is -5.10. The van der Waals surface area contributed by atoms with Gasteiger partial charge in [-0.25, -0.2) is 4.79 Å². The van der Waals surface area contributed by atoms with Gasteiger partial charge in [0.2, 0.25) is 0 Å². The third kappa shape index (κ3) is 5.35. The number of amides is 2. The number of anilines is 1. The average Bonchev–Trinajstić information content (AvgIpc) is 3.00. The lowest BCUT2D eigenvalue weighted by Crippen LogP contribution is -2.50. The fraction of sp³-hybridized carbons (Fsp3) is 0.529. The van der Waals surface area contributed by atoms with Crippen LogP contribution in [0.15, 0.2) is 30.3 Å². The van der Waals surface area contributed by atoms with Gasteiger partial charge in [-0.15, -0.1) is 13.2 Å². The molecule has 1 fully saturated rings. The number of hydrogen-bond donors (Lipinski definition) is 0. The molecule has 0 N–H and O–H groups in total. The molecule has 1 aliphatic rings. The van der Waals surface area contributed by atoms with Crippen LogP contribution in [0.3, 0.4) is 0 Å². The smallest absolute Gasteiger partial charge is 0.444 e. The van der Waals surface area contributed by atoms with Crippen molar-refractivity contribution in [2.24, 2.45) is 0 Å². The van der Waals surface area contributed by atoms with Gasteiger partial charge in [0.05, 0.1) is 5.69 Å². The van der Waals surface area contributed by atoms with Crippen LogP contribution in [0.1, 0.15) is 33.6 Å². The molecule has 0 aromatic heterocycles. The molecule has 1 atom stereocenters. The normalized spacial score (nSPS) is 17.9. The summed E-state index contributed by atoms with van der Waals surface area (Å²) < 4.78 is 43.6. The Hall–Kier alpha value is -2.29. The number of hydrogen-bond acceptors (Lipinski definition) is 4. The molecule has 1 aromatic carbocycles. The molecule has 0 aliphatic carbocycles. The number of para-hydroxylation sites is 1. The van der Waals surface area contributed by atoms with Gasteiger partial charge < -0.3 is 4.74 Å². The first-order valence-corrected chi connectivity index (χ1v) is 8.12. The first-order valence-electron chi connectivity index (χ1n) is 8.12. The highest BCUT2D eigenvalue weighted by atomic mass is 19.4. The Balaban J connectivity index is 2.25. The second-order valence-corrected chi connectivity index (χ2v) is 6.84. The van der Waals surface area contributed by atoms with E-state index in [-0.39, 0.29) is 23.7 Å². The average molecular weight is 374 g/mol. The van der Waals surface area contributed by atoms with E-state index in [4.69, 9.17) is 4.74 Å². The standard InChI is InChI=1S/C17H21F3N2O4/c1-16(2,3)25-15(24)21-11-7-10-13(21)14(23)22(26-17(18,19)20)12-8-5-4-6-9-12/h4-6,8-9,13H,7,10-11H2,1-3H3. The maximum Gasteiger partial charge on any atom is 0.544 e. The van der Waals surface area contributed by atoms with Crippen LogP contribution >= 0.6 is 0 Å². The Bertz CT molecular complexity index is 644. The highest BCUT2D eigenvalue weighted by molar-refractivity contribution is 5.97. The number of carbonyl (C=O) groups is 2. The van der Waals surface area contributed by atoms with Crippen molar-refractivity contribution in [3.8, 4) is 0 Å². The maximum atomic E-state index is 12.8. The molecule has 9 heteroatoms. The minimum Gasteiger partial charge on any atom is -0.444 e. The summed E-state index contributed by atoms with van der Waals surface area (Å²) in [6.45, 7) is 5.22. The van der Waals surface area contributed by atoms with Crippen molar-refractivity contribution in [1.82, 2.24) is 4.90 Å². The summed E-state index contributed by atoms with van der Waals surface area (Å²) in [4.78, 5) is 30.1. The molecule has 1 aliphatic heterocycles. The minimum atomic E-state index is -5.05. The SMILES string of the molecule is CC(C)(C)OC(=O)N1CCCC1C(=O)N(OC(F)(F)F)c1ccccc1. The zero-order valence-corrected chi connectivity index (χ0v) is 14.7. The van der Waals surface area contributed by atoms with Crippen LogP contribution in [0, 0.1) is 0 Å². The molecule has 2 rings (SSSR count). The van der Waals surface area contributed by atoms with E-state index in [0.29, 0.717) is 6.42 Å². The lowest BCUT2D eigenvalue weighted by Gasteiger charge is -2.31. The van der Waals surface area contributed by atoms with Gasteiger partial charge in [-0.3, -0.25) is 9.69 Å². The molecule has 1 unspecified atom stereocenters. The molecule has 1 heterocycles. The van der Waals surface area contributed by atoms with Crippen molar-refractivity contribution in [3.63, 3.8) is 0 Å². The van der Waals surface area contributed by atoms with E-state index in [1.165, 1.54) is 24.3 Å². The molecule has 1 aromatic rings. The van der Waals surface area contributed by atoms with Crippen LogP contribution in [0.4, 0.5) is 23.7 Å². The van der Waals surface area contributed by atoms with Crippen LogP contribution in [-0.4, -0.2) is 41.5 Å². The van der Waals surface area contributed by atoms with Crippen molar-refractivity contribution in [2.75, 3.05) is 11.6 Å². The van der Waals surface area contributed by atoms with Crippen LogP contribution < -0.4 is 5.06 Å². The van der Waals surface area contributed by atoms with Crippen molar-refractivity contribution in [3.05, 3.63) is 30.3 Å². The Kier molecular flexibility index (Phi) is 5.80. The molecule has 0 bridgehead atoms. The minimum absolute atomic E-state index is 0.0779. The number of likely N-dealkylation sites (tertiary alicyclic amines) is 1. The lowest BCUT2D eigenvalue weighted by molar-refractivity contribution is -0.327. The lowest BCUT2D eigenvalue weighted by atomic mass is 10.2. The third-order valence-corrected chi connectivity index (χ3v) is 3.55. The van der Waals surface area contributed by atoms with Crippen molar-refractivity contribution >= 4 is 17.7 Å². The number of halogens is 3. The van der Waals surface area contributed by atoms with E-state index in [1.54, 1.807) is 26.8 Å². The molecule has 0 radical (unpaired) electrons. The summed E-state index contributed by atoms with van der Waals surface area (Å²) in [5.74, 6) is -0.975. The van der Waals surface area contributed by atoms with Crippen molar-refractivity contribution < 1.29 is 32.3 Å². The first-order chi connectivity index (χ1) is 12.0. The van der Waals surface area contributed by atoms with Gasteiger partial charge in [-0.2, -0.15) is 9.90 Å². The predicted octanol–water partition coefficient (Wildman–Crippen LogP) is 3.87. The highest BCUT2D eigenvalue weighted by Crippen LogP contribution is 2.28. The van der Waals surface area contributed by atoms with E-state index in [9.17, 15) is 22.8 Å². The number of alkyl halides is 3. The second-order valence-electron chi connectivity index (χ2n) is 6.84. The summed E-state index contributed by atoms with van der Waals surface area (Å²) in [5, 5.41) is 0.188. The molecular formula is C17H21F3N2O4. The summed E-state index contributed by atoms with van der Waals surface area (Å²) in [5.41, 5.74) is -0.861. The van der Waals surface area contributed by atoms with Crippen molar-refractivity contribution in [2.45, 2.75) is 51.6 Å². The number of ether oxygens (including phenoxy) is 1. The fourth-order valence-electron chi connectivity index (χ4n) is 2.59. The molecular weight excluding hydrogens is 353 g/mol. The summed E-state index contributed by atoms with van der Waals surface area (Å²) in [6, 6.07) is 6.10. The van der Waals surface area contributed by atoms with Gasteiger partial charge in [0.15, 0.2) is 0 Å². The Morgan fingerprint density at radius 1 is 1.15 bits per heavy atom. The van der Waals surface area contributed by atoms with Crippen LogP contribution in [-0.2, 0) is 14.4 Å². The zero-order valence-electron chi connectivity index (χ0n) is 14.7. The first kappa shape index (κ1) is 20.0. The summed E-state index contributed by atoms with van der Waals surface area (Å²) >= 11 is 0. The maximum absolute atomic E-state index is 12.8. The third-order valence-electron chi connectivity index (χ3n) is 3.55. The Morgan fingerprint density at radius 2 is 1.77 bits per heavy atom. The van der Waals surface area contributed by atoms with Gasteiger partial charge in [0.25, 0.3) is 5.91 Å². The predicted molar refractivity (Wildman–Crippen MR) is 87.0 cm³/mol. The van der Waals surface area contributed by atoms with E-state index >= 15 is 0 Å². The fourth-order valence-corrected chi connectivity index (χ4v) is 2.59. The van der Waals surface area contributed by atoms with Gasteiger partial charge in [0, 0.05) is 6.54 Å². The Morgan fingerprint density at radius 3 is 2.31 bits per heavy atom. The molecule has 144 valence electrons. The molecule has 26 heavy (non-hydrogen) atoms. The number of nitrogens with zero attached hydrogens (tertiary/aromatic N) is 2. The van der Waals surface area contributed by atoms with E-state index in [1.807, 2.05) is 0 Å². The molecule has 0 saturated carbocycles. The number of rotatable bonds is 3. The van der Waals surface area contributed by atoms with E-state index in [0.717, 1.165) is 4.90 Å². The van der Waals surface area contributed by atoms with Gasteiger partial charge >= 0.3 is 12.5 Å². The van der Waals surface area contributed by atoms with Gasteiger partial charge in [-0.05, 0) is 45.7 Å². The monoisotopic (exact) mass is 374 g/mol. The molecule has 6 nitrogen and oxygen atoms in total. The number of carbonyl (C=O) groups excluding carboxylic acids is 2. The quantitative estimate of drug-likeness (QED) is 0.754. The van der Waals surface area contributed by atoms with Gasteiger partial charge in [-0.1, -0.05) is 18.2 Å². The molecule has 2 amide bonds. The van der Waals surface area contributed by atoms with Crippen LogP contribution in [0.5, 0.6) is 0 Å². The van der Waals surface area contributed by atoms with Crippen LogP contribution in [0.25, 0.3) is 0 Å². The number of hydroxylamine groups is 1. The zero-order chi connectivity index (χ0) is 19.5.